The molecule has 1 amide bonds. The zero-order valence-electron chi connectivity index (χ0n) is 17.8. The molecule has 1 saturated heterocycles. The Bertz CT molecular complexity index is 1280. The summed E-state index contributed by atoms with van der Waals surface area (Å²) < 4.78 is 2.77. The Morgan fingerprint density at radius 1 is 1.12 bits per heavy atom. The van der Waals surface area contributed by atoms with E-state index < -0.39 is 5.41 Å². The maximum absolute atomic E-state index is 13.3. The molecule has 1 N–H and O–H groups in total. The summed E-state index contributed by atoms with van der Waals surface area (Å²) in [6.07, 6.45) is 8.30. The lowest BCUT2D eigenvalue weighted by Crippen LogP contribution is -2.57. The van der Waals surface area contributed by atoms with Gasteiger partial charge in [0.1, 0.15) is 11.3 Å². The van der Waals surface area contributed by atoms with Crippen LogP contribution in [0.5, 0.6) is 0 Å². The van der Waals surface area contributed by atoms with Gasteiger partial charge in [-0.2, -0.15) is 5.26 Å². The van der Waals surface area contributed by atoms with E-state index in [4.69, 9.17) is 4.98 Å². The Morgan fingerprint density at radius 3 is 2.59 bits per heavy atom. The highest BCUT2D eigenvalue weighted by Crippen LogP contribution is 2.49. The van der Waals surface area contributed by atoms with Crippen molar-refractivity contribution in [2.45, 2.75) is 49.6 Å². The number of fused-ring (bicyclic) bond motifs is 2. The Hall–Kier alpha value is -2.69. The van der Waals surface area contributed by atoms with Gasteiger partial charge in [-0.3, -0.25) is 4.79 Å². The van der Waals surface area contributed by atoms with Crippen LogP contribution in [0.2, 0.25) is 0 Å². The largest absolute Gasteiger partial charge is 0.337 e. The molecule has 162 valence electrons. The predicted octanol–water partition coefficient (Wildman–Crippen LogP) is 3.97. The first kappa shape index (κ1) is 20.0. The fraction of sp³-hybridized carbons (Fsp3) is 0.400. The van der Waals surface area contributed by atoms with E-state index in [1.165, 1.54) is 11.1 Å². The fourth-order valence-electron chi connectivity index (χ4n) is 5.35. The molecule has 0 unspecified atom stereocenters. The highest BCUT2D eigenvalue weighted by Gasteiger charge is 2.47. The van der Waals surface area contributed by atoms with Gasteiger partial charge in [0.2, 0.25) is 0 Å². The smallest absolute Gasteiger partial charge is 0.274 e. The minimum absolute atomic E-state index is 0.0244. The molecule has 0 atom stereocenters. The summed E-state index contributed by atoms with van der Waals surface area (Å²) in [5, 5.41) is 13.4. The number of hydrogen-bond donors (Lipinski definition) is 1. The van der Waals surface area contributed by atoms with Crippen molar-refractivity contribution in [2.24, 2.45) is 0 Å². The Balaban J connectivity index is 1.23. The number of rotatable bonds is 2. The second kappa shape index (κ2) is 7.16. The quantitative estimate of drug-likeness (QED) is 0.590. The summed E-state index contributed by atoms with van der Waals surface area (Å²) >= 11 is 3.55. The van der Waals surface area contributed by atoms with E-state index in [0.29, 0.717) is 5.69 Å². The first-order valence-electron chi connectivity index (χ1n) is 11.2. The molecule has 0 bridgehead atoms. The summed E-state index contributed by atoms with van der Waals surface area (Å²) in [5.41, 5.74) is 4.51. The van der Waals surface area contributed by atoms with Crippen LogP contribution in [0.3, 0.4) is 0 Å². The predicted molar refractivity (Wildman–Crippen MR) is 124 cm³/mol. The molecule has 32 heavy (non-hydrogen) atoms. The number of piperidine rings is 1. The van der Waals surface area contributed by atoms with Gasteiger partial charge in [0.25, 0.3) is 5.91 Å². The number of amides is 1. The summed E-state index contributed by atoms with van der Waals surface area (Å²) in [6.45, 7) is 2.34. The van der Waals surface area contributed by atoms with Crippen molar-refractivity contribution in [2.75, 3.05) is 13.1 Å². The monoisotopic (exact) mass is 489 g/mol. The topological polar surface area (TPSA) is 73.4 Å². The molecule has 1 aromatic carbocycles. The van der Waals surface area contributed by atoms with Gasteiger partial charge >= 0.3 is 0 Å². The van der Waals surface area contributed by atoms with Gasteiger partial charge in [-0.1, -0.05) is 24.3 Å². The van der Waals surface area contributed by atoms with Crippen LogP contribution < -0.4 is 5.32 Å². The Kier molecular flexibility index (Phi) is 4.46. The van der Waals surface area contributed by atoms with Crippen molar-refractivity contribution in [1.29, 1.82) is 5.26 Å². The van der Waals surface area contributed by atoms with Crippen molar-refractivity contribution in [1.82, 2.24) is 19.6 Å². The third kappa shape index (κ3) is 3.16. The van der Waals surface area contributed by atoms with Crippen molar-refractivity contribution in [3.63, 3.8) is 0 Å². The van der Waals surface area contributed by atoms with E-state index in [2.05, 4.69) is 51.6 Å². The van der Waals surface area contributed by atoms with E-state index in [-0.39, 0.29) is 11.4 Å². The molecule has 2 aliphatic heterocycles. The van der Waals surface area contributed by atoms with Crippen LogP contribution in [0.1, 0.15) is 52.9 Å². The number of pyridine rings is 1. The number of nitrogens with one attached hydrogen (secondary N) is 1. The van der Waals surface area contributed by atoms with Crippen LogP contribution in [-0.2, 0) is 18.4 Å². The molecule has 3 aromatic rings. The third-order valence-corrected chi connectivity index (χ3v) is 7.96. The molecule has 6 rings (SSSR count). The van der Waals surface area contributed by atoms with Gasteiger partial charge in [-0.25, -0.2) is 4.98 Å². The van der Waals surface area contributed by atoms with Gasteiger partial charge in [0.05, 0.1) is 11.5 Å². The molecule has 1 spiro atoms. The van der Waals surface area contributed by atoms with Gasteiger partial charge < -0.3 is 14.6 Å². The molecular formula is C25H24BrN5O. The van der Waals surface area contributed by atoms with E-state index in [1.807, 2.05) is 21.6 Å². The molecular weight excluding hydrogens is 466 g/mol. The van der Waals surface area contributed by atoms with E-state index in [9.17, 15) is 10.1 Å². The molecule has 6 nitrogen and oxygen atoms in total. The lowest BCUT2D eigenvalue weighted by atomic mass is 9.78. The zero-order valence-corrected chi connectivity index (χ0v) is 19.4. The molecule has 3 aliphatic rings. The Morgan fingerprint density at radius 2 is 1.88 bits per heavy atom. The summed E-state index contributed by atoms with van der Waals surface area (Å²) in [7, 11) is 0. The number of nitriles is 1. The van der Waals surface area contributed by atoms with E-state index >= 15 is 0 Å². The van der Waals surface area contributed by atoms with Gasteiger partial charge in [-0.05, 0) is 65.2 Å². The highest BCUT2D eigenvalue weighted by molar-refractivity contribution is 9.10. The molecule has 1 saturated carbocycles. The second-order valence-electron chi connectivity index (χ2n) is 9.49. The number of aromatic nitrogens is 2. The number of hydrogen-bond acceptors (Lipinski definition) is 4. The number of halogens is 1. The maximum atomic E-state index is 13.3. The summed E-state index contributed by atoms with van der Waals surface area (Å²) in [5.74, 6) is -0.0244. The van der Waals surface area contributed by atoms with Crippen LogP contribution in [-0.4, -0.2) is 38.8 Å². The number of imidazole rings is 1. The number of carbonyl (C=O) groups excluding carboxylic acids is 1. The Labute approximate surface area is 195 Å². The normalized spacial score (nSPS) is 20.7. The average molecular weight is 490 g/mol. The van der Waals surface area contributed by atoms with Gasteiger partial charge in [0, 0.05) is 47.6 Å². The van der Waals surface area contributed by atoms with Crippen LogP contribution in [0.15, 0.2) is 47.2 Å². The number of carbonyl (C=O) groups is 1. The van der Waals surface area contributed by atoms with Crippen LogP contribution in [0.4, 0.5) is 0 Å². The van der Waals surface area contributed by atoms with E-state index in [1.54, 1.807) is 6.20 Å². The minimum atomic E-state index is -0.461. The van der Waals surface area contributed by atoms with Crippen molar-refractivity contribution >= 4 is 27.5 Å². The molecule has 1 aliphatic carbocycles. The maximum Gasteiger partial charge on any atom is 0.274 e. The SMILES string of the molecule is N#CC1(c2cc(Br)cn3cc(C(=O)N4CCC5(CC4)Cc4ccccc4CN5)nc23)CC1. The minimum Gasteiger partial charge on any atom is -0.337 e. The fourth-order valence-corrected chi connectivity index (χ4v) is 5.80. The first-order chi connectivity index (χ1) is 15.5. The molecule has 2 aromatic heterocycles. The lowest BCUT2D eigenvalue weighted by Gasteiger charge is -2.45. The van der Waals surface area contributed by atoms with Crippen molar-refractivity contribution in [3.8, 4) is 6.07 Å². The van der Waals surface area contributed by atoms with Crippen molar-refractivity contribution in [3.05, 3.63) is 69.6 Å². The standard InChI is InChI=1S/C25H24BrN5O/c26-19-11-20(24(16-27)5-6-24)22-29-21(15-31(22)14-19)23(32)30-9-7-25(8-10-30)12-17-3-1-2-4-18(17)13-28-25/h1-4,11,14-15,28H,5-10,12-13H2. The molecule has 2 fully saturated rings. The molecule has 4 heterocycles. The van der Waals surface area contributed by atoms with Gasteiger partial charge in [0.15, 0.2) is 0 Å². The lowest BCUT2D eigenvalue weighted by molar-refractivity contribution is 0.0626. The van der Waals surface area contributed by atoms with Gasteiger partial charge in [-0.15, -0.1) is 0 Å². The zero-order chi connectivity index (χ0) is 21.9. The van der Waals surface area contributed by atoms with Crippen LogP contribution in [0.25, 0.3) is 5.65 Å². The molecule has 0 radical (unpaired) electrons. The average Bonchev–Trinajstić information content (AvgIpc) is 3.50. The third-order valence-electron chi connectivity index (χ3n) is 7.53. The summed E-state index contributed by atoms with van der Waals surface area (Å²) in [6, 6.07) is 13.1. The van der Waals surface area contributed by atoms with E-state index in [0.717, 1.165) is 67.4 Å². The number of likely N-dealkylation sites (tertiary alicyclic amines) is 1. The summed E-state index contributed by atoms with van der Waals surface area (Å²) in [4.78, 5) is 20.0. The number of benzene rings is 1. The number of nitrogens with zero attached hydrogens (tertiary/aromatic N) is 4. The first-order valence-corrected chi connectivity index (χ1v) is 12.0. The van der Waals surface area contributed by atoms with Crippen LogP contribution in [0, 0.1) is 11.3 Å². The van der Waals surface area contributed by atoms with Crippen LogP contribution >= 0.6 is 15.9 Å². The second-order valence-corrected chi connectivity index (χ2v) is 10.4. The highest BCUT2D eigenvalue weighted by atomic mass is 79.9. The molecule has 7 heteroatoms. The van der Waals surface area contributed by atoms with Crippen molar-refractivity contribution < 1.29 is 4.79 Å².